The van der Waals surface area contributed by atoms with Crippen LogP contribution in [0.1, 0.15) is 31.8 Å². The quantitative estimate of drug-likeness (QED) is 0.630. The molecule has 3 nitrogen and oxygen atoms in total. The number of hydrogen-bond donors (Lipinski definition) is 0. The maximum atomic E-state index is 12.4. The molecule has 0 N–H and O–H groups in total. The van der Waals surface area contributed by atoms with Crippen LogP contribution in [0.5, 0.6) is 5.75 Å². The maximum absolute atomic E-state index is 12.4. The number of rotatable bonds is 4. The highest BCUT2D eigenvalue weighted by Gasteiger charge is 2.22. The van der Waals surface area contributed by atoms with E-state index in [0.29, 0.717) is 16.9 Å². The van der Waals surface area contributed by atoms with Gasteiger partial charge in [0.15, 0.2) is 0 Å². The number of aryl methyl sites for hydroxylation is 2. The minimum atomic E-state index is -0.542. The Hall–Kier alpha value is -2.42. The molecule has 0 saturated carbocycles. The molecule has 2 rings (SSSR count). The standard InChI is InChI=1S/C17H16O3/c1-11-9-12(2)17(20-3)14(10-11)16(19)15(18)13-7-5-4-6-8-13/h4-10H,1-3H3. The molecule has 0 atom stereocenters. The SMILES string of the molecule is COc1c(C)cc(C)cc1C(=O)C(=O)c1ccccc1. The summed E-state index contributed by atoms with van der Waals surface area (Å²) in [5.74, 6) is -0.598. The van der Waals surface area contributed by atoms with Gasteiger partial charge in [0.2, 0.25) is 11.6 Å². The van der Waals surface area contributed by atoms with E-state index >= 15 is 0 Å². The second kappa shape index (κ2) is 5.70. The molecule has 0 bridgehead atoms. The number of methoxy groups -OCH3 is 1. The Morgan fingerprint density at radius 2 is 1.60 bits per heavy atom. The fraction of sp³-hybridized carbons (Fsp3) is 0.176. The van der Waals surface area contributed by atoms with Gasteiger partial charge < -0.3 is 4.74 Å². The van der Waals surface area contributed by atoms with E-state index in [9.17, 15) is 9.59 Å². The van der Waals surface area contributed by atoms with Crippen molar-refractivity contribution < 1.29 is 14.3 Å². The predicted molar refractivity (Wildman–Crippen MR) is 77.6 cm³/mol. The molecule has 20 heavy (non-hydrogen) atoms. The number of carbonyl (C=O) groups is 2. The molecule has 0 saturated heterocycles. The zero-order chi connectivity index (χ0) is 14.7. The fourth-order valence-corrected chi connectivity index (χ4v) is 2.24. The average molecular weight is 268 g/mol. The highest BCUT2D eigenvalue weighted by Crippen LogP contribution is 2.26. The summed E-state index contributed by atoms with van der Waals surface area (Å²) in [5.41, 5.74) is 2.47. The first-order valence-corrected chi connectivity index (χ1v) is 6.34. The second-order valence-corrected chi connectivity index (χ2v) is 4.69. The Kier molecular flexibility index (Phi) is 3.99. The van der Waals surface area contributed by atoms with Gasteiger partial charge in [0.25, 0.3) is 0 Å². The Labute approximate surface area is 118 Å². The predicted octanol–water partition coefficient (Wildman–Crippen LogP) is 3.38. The summed E-state index contributed by atoms with van der Waals surface area (Å²) in [5, 5.41) is 0. The first-order chi connectivity index (χ1) is 9.54. The zero-order valence-corrected chi connectivity index (χ0v) is 11.8. The third-order valence-corrected chi connectivity index (χ3v) is 3.11. The minimum absolute atomic E-state index is 0.318. The number of ketones is 2. The van der Waals surface area contributed by atoms with E-state index in [1.165, 1.54) is 7.11 Å². The van der Waals surface area contributed by atoms with Gasteiger partial charge in [0.05, 0.1) is 12.7 Å². The van der Waals surface area contributed by atoms with Crippen molar-refractivity contribution in [2.75, 3.05) is 7.11 Å². The van der Waals surface area contributed by atoms with Gasteiger partial charge in [-0.25, -0.2) is 0 Å². The lowest BCUT2D eigenvalue weighted by Gasteiger charge is -2.11. The summed E-state index contributed by atoms with van der Waals surface area (Å²) in [7, 11) is 1.50. The van der Waals surface area contributed by atoms with Crippen molar-refractivity contribution in [3.63, 3.8) is 0 Å². The maximum Gasteiger partial charge on any atom is 0.237 e. The van der Waals surface area contributed by atoms with Crippen molar-refractivity contribution in [2.45, 2.75) is 13.8 Å². The van der Waals surface area contributed by atoms with Gasteiger partial charge >= 0.3 is 0 Å². The van der Waals surface area contributed by atoms with Crippen molar-refractivity contribution >= 4 is 11.6 Å². The van der Waals surface area contributed by atoms with Crippen molar-refractivity contribution in [1.82, 2.24) is 0 Å². The van der Waals surface area contributed by atoms with Crippen LogP contribution in [0.2, 0.25) is 0 Å². The normalized spacial score (nSPS) is 10.2. The Morgan fingerprint density at radius 3 is 2.20 bits per heavy atom. The van der Waals surface area contributed by atoms with Crippen LogP contribution < -0.4 is 4.74 Å². The number of Topliss-reactive ketones (excluding diaryl/α,β-unsaturated/α-hetero) is 2. The van der Waals surface area contributed by atoms with E-state index in [0.717, 1.165) is 11.1 Å². The summed E-state index contributed by atoms with van der Waals surface area (Å²) in [6, 6.07) is 12.2. The third kappa shape index (κ3) is 2.62. The first-order valence-electron chi connectivity index (χ1n) is 6.34. The summed E-state index contributed by atoms with van der Waals surface area (Å²) >= 11 is 0. The first kappa shape index (κ1) is 14.0. The van der Waals surface area contributed by atoms with Crippen molar-refractivity contribution in [2.24, 2.45) is 0 Å². The molecule has 0 aliphatic carbocycles. The Balaban J connectivity index is 2.46. The van der Waals surface area contributed by atoms with E-state index in [1.807, 2.05) is 19.9 Å². The topological polar surface area (TPSA) is 43.4 Å². The zero-order valence-electron chi connectivity index (χ0n) is 11.8. The highest BCUT2D eigenvalue weighted by atomic mass is 16.5. The molecule has 0 amide bonds. The molecule has 3 heteroatoms. The molecule has 0 heterocycles. The van der Waals surface area contributed by atoms with Crippen LogP contribution in [-0.2, 0) is 0 Å². The minimum Gasteiger partial charge on any atom is -0.496 e. The van der Waals surface area contributed by atoms with Crippen LogP contribution in [0, 0.1) is 13.8 Å². The van der Waals surface area contributed by atoms with Crippen LogP contribution >= 0.6 is 0 Å². The van der Waals surface area contributed by atoms with Crippen LogP contribution in [-0.4, -0.2) is 18.7 Å². The number of carbonyl (C=O) groups excluding carboxylic acids is 2. The molecule has 0 aromatic heterocycles. The van der Waals surface area contributed by atoms with E-state index in [4.69, 9.17) is 4.74 Å². The van der Waals surface area contributed by atoms with Gasteiger partial charge in [-0.3, -0.25) is 9.59 Å². The summed E-state index contributed by atoms with van der Waals surface area (Å²) < 4.78 is 5.27. The van der Waals surface area contributed by atoms with Crippen molar-refractivity contribution in [3.8, 4) is 5.75 Å². The molecule has 2 aromatic carbocycles. The van der Waals surface area contributed by atoms with E-state index in [1.54, 1.807) is 36.4 Å². The van der Waals surface area contributed by atoms with Crippen LogP contribution in [0.3, 0.4) is 0 Å². The lowest BCUT2D eigenvalue weighted by Crippen LogP contribution is -2.16. The second-order valence-electron chi connectivity index (χ2n) is 4.69. The molecule has 102 valence electrons. The van der Waals surface area contributed by atoms with Crippen LogP contribution in [0.4, 0.5) is 0 Å². The Bertz CT molecular complexity index is 657. The smallest absolute Gasteiger partial charge is 0.237 e. The molecule has 0 radical (unpaired) electrons. The molecular weight excluding hydrogens is 252 g/mol. The van der Waals surface area contributed by atoms with E-state index in [-0.39, 0.29) is 0 Å². The lowest BCUT2D eigenvalue weighted by atomic mass is 9.97. The highest BCUT2D eigenvalue weighted by molar-refractivity contribution is 6.49. The summed E-state index contributed by atoms with van der Waals surface area (Å²) in [6.07, 6.45) is 0. The summed E-state index contributed by atoms with van der Waals surface area (Å²) in [4.78, 5) is 24.6. The Morgan fingerprint density at radius 1 is 0.950 bits per heavy atom. The van der Waals surface area contributed by atoms with Gasteiger partial charge in [0.1, 0.15) is 5.75 Å². The number of ether oxygens (including phenoxy) is 1. The molecule has 0 aliphatic rings. The lowest BCUT2D eigenvalue weighted by molar-refractivity contribution is 0.0815. The summed E-state index contributed by atoms with van der Waals surface area (Å²) in [6.45, 7) is 3.74. The van der Waals surface area contributed by atoms with Crippen molar-refractivity contribution in [1.29, 1.82) is 0 Å². The van der Waals surface area contributed by atoms with Crippen LogP contribution in [0.15, 0.2) is 42.5 Å². The monoisotopic (exact) mass is 268 g/mol. The molecule has 0 fully saturated rings. The molecular formula is C17H16O3. The van der Waals surface area contributed by atoms with Gasteiger partial charge in [-0.2, -0.15) is 0 Å². The molecule has 0 unspecified atom stereocenters. The van der Waals surface area contributed by atoms with Gasteiger partial charge in [-0.1, -0.05) is 36.4 Å². The van der Waals surface area contributed by atoms with E-state index in [2.05, 4.69) is 0 Å². The van der Waals surface area contributed by atoms with Gasteiger partial charge in [-0.15, -0.1) is 0 Å². The largest absolute Gasteiger partial charge is 0.496 e. The van der Waals surface area contributed by atoms with Gasteiger partial charge in [0, 0.05) is 5.56 Å². The fourth-order valence-electron chi connectivity index (χ4n) is 2.24. The number of hydrogen-bond acceptors (Lipinski definition) is 3. The van der Waals surface area contributed by atoms with E-state index < -0.39 is 11.6 Å². The van der Waals surface area contributed by atoms with Crippen molar-refractivity contribution in [3.05, 3.63) is 64.7 Å². The third-order valence-electron chi connectivity index (χ3n) is 3.11. The molecule has 2 aromatic rings. The molecule has 0 aliphatic heterocycles. The number of benzene rings is 2. The molecule has 0 spiro atoms. The van der Waals surface area contributed by atoms with Gasteiger partial charge in [-0.05, 0) is 31.0 Å². The van der Waals surface area contributed by atoms with Crippen LogP contribution in [0.25, 0.3) is 0 Å². The average Bonchev–Trinajstić information content (AvgIpc) is 2.46.